The van der Waals surface area contributed by atoms with Gasteiger partial charge in [-0.1, -0.05) is 23.7 Å². The molecular formula is C22H19ClN2O4S. The maximum Gasteiger partial charge on any atom is 0.268 e. The van der Waals surface area contributed by atoms with E-state index in [1.807, 2.05) is 30.3 Å². The molecule has 0 fully saturated rings. The van der Waals surface area contributed by atoms with E-state index < -0.39 is 12.5 Å². The molecule has 1 aromatic heterocycles. The molecule has 2 aromatic carbocycles. The number of rotatable bonds is 4. The fraction of sp³-hybridized carbons (Fsp3) is 0.182. The van der Waals surface area contributed by atoms with Crippen LogP contribution in [-0.4, -0.2) is 37.2 Å². The first kappa shape index (κ1) is 20.4. The fourth-order valence-electron chi connectivity index (χ4n) is 3.32. The Kier molecular flexibility index (Phi) is 5.76. The Morgan fingerprint density at radius 1 is 1.23 bits per heavy atom. The maximum absolute atomic E-state index is 13.1. The third-order valence-corrected chi connectivity index (χ3v) is 6.34. The van der Waals surface area contributed by atoms with Crippen molar-refractivity contribution in [2.24, 2.45) is 0 Å². The number of aliphatic hydroxyl groups excluding tert-OH is 1. The maximum atomic E-state index is 13.1. The van der Waals surface area contributed by atoms with Gasteiger partial charge in [0.1, 0.15) is 12.4 Å². The van der Waals surface area contributed by atoms with Crippen LogP contribution in [0.5, 0.6) is 5.75 Å². The quantitative estimate of drug-likeness (QED) is 0.634. The second-order valence-electron chi connectivity index (χ2n) is 6.80. The number of nitrogens with zero attached hydrogens (tertiary/aromatic N) is 1. The topological polar surface area (TPSA) is 78.9 Å². The zero-order chi connectivity index (χ0) is 21.3. The Morgan fingerprint density at radius 3 is 2.80 bits per heavy atom. The van der Waals surface area contributed by atoms with Crippen molar-refractivity contribution in [1.29, 1.82) is 0 Å². The van der Waals surface area contributed by atoms with Crippen LogP contribution < -0.4 is 15.0 Å². The summed E-state index contributed by atoms with van der Waals surface area (Å²) in [4.78, 5) is 27.7. The van der Waals surface area contributed by atoms with Crippen LogP contribution in [0.25, 0.3) is 10.4 Å². The third kappa shape index (κ3) is 3.92. The summed E-state index contributed by atoms with van der Waals surface area (Å²) in [6.07, 6.45) is 0.669. The normalized spacial score (nSPS) is 12.2. The van der Waals surface area contributed by atoms with Crippen molar-refractivity contribution in [3.63, 3.8) is 0 Å². The van der Waals surface area contributed by atoms with Gasteiger partial charge in [-0.2, -0.15) is 0 Å². The van der Waals surface area contributed by atoms with Crippen LogP contribution in [0.2, 0.25) is 5.02 Å². The number of hydrogen-bond donors (Lipinski definition) is 2. The van der Waals surface area contributed by atoms with Gasteiger partial charge >= 0.3 is 0 Å². The average molecular weight is 443 g/mol. The number of anilines is 2. The second-order valence-corrected chi connectivity index (χ2v) is 8.26. The number of carbonyl (C=O) groups is 2. The molecule has 0 unspecified atom stereocenters. The highest BCUT2D eigenvalue weighted by Gasteiger charge is 2.24. The number of nitrogens with one attached hydrogen (secondary N) is 1. The van der Waals surface area contributed by atoms with E-state index in [1.54, 1.807) is 30.1 Å². The van der Waals surface area contributed by atoms with Gasteiger partial charge in [0.05, 0.1) is 22.2 Å². The van der Waals surface area contributed by atoms with Crippen molar-refractivity contribution >= 4 is 46.1 Å². The summed E-state index contributed by atoms with van der Waals surface area (Å²) < 4.78 is 5.86. The molecule has 0 saturated heterocycles. The zero-order valence-electron chi connectivity index (χ0n) is 16.1. The Labute approximate surface area is 182 Å². The first-order chi connectivity index (χ1) is 14.5. The minimum absolute atomic E-state index is 0.129. The Morgan fingerprint density at radius 2 is 2.03 bits per heavy atom. The van der Waals surface area contributed by atoms with Gasteiger partial charge < -0.3 is 20.1 Å². The van der Waals surface area contributed by atoms with Gasteiger partial charge in [0.15, 0.2) is 0 Å². The molecule has 154 valence electrons. The zero-order valence-corrected chi connectivity index (χ0v) is 17.7. The number of amides is 2. The van der Waals surface area contributed by atoms with E-state index in [0.717, 1.165) is 16.0 Å². The number of hydrogen-bond acceptors (Lipinski definition) is 5. The van der Waals surface area contributed by atoms with Crippen molar-refractivity contribution in [2.75, 3.05) is 30.5 Å². The number of carbonyl (C=O) groups excluding carboxylic acids is 2. The lowest BCUT2D eigenvalue weighted by atomic mass is 10.1. The number of halogens is 1. The molecule has 30 heavy (non-hydrogen) atoms. The number of ether oxygens (including phenoxy) is 1. The number of aliphatic hydroxyl groups is 1. The molecule has 0 aliphatic carbocycles. The van der Waals surface area contributed by atoms with Crippen LogP contribution in [-0.2, 0) is 11.2 Å². The van der Waals surface area contributed by atoms with E-state index in [2.05, 4.69) is 5.32 Å². The lowest BCUT2D eigenvalue weighted by molar-refractivity contribution is -0.118. The summed E-state index contributed by atoms with van der Waals surface area (Å²) in [5.74, 6) is 0.0103. The molecule has 2 heterocycles. The van der Waals surface area contributed by atoms with E-state index >= 15 is 0 Å². The highest BCUT2D eigenvalue weighted by molar-refractivity contribution is 7.17. The Bertz CT molecular complexity index is 1130. The molecule has 6 nitrogen and oxygen atoms in total. The monoisotopic (exact) mass is 442 g/mol. The van der Waals surface area contributed by atoms with Gasteiger partial charge in [-0.25, -0.2) is 0 Å². The van der Waals surface area contributed by atoms with Crippen LogP contribution in [0, 0.1) is 0 Å². The molecule has 8 heteroatoms. The van der Waals surface area contributed by atoms with Crippen LogP contribution in [0.3, 0.4) is 0 Å². The highest BCUT2D eigenvalue weighted by atomic mass is 35.5. The predicted molar refractivity (Wildman–Crippen MR) is 119 cm³/mol. The summed E-state index contributed by atoms with van der Waals surface area (Å²) in [5, 5.41) is 12.0. The predicted octanol–water partition coefficient (Wildman–Crippen LogP) is 4.21. The third-order valence-electron chi connectivity index (χ3n) is 4.82. The van der Waals surface area contributed by atoms with Gasteiger partial charge in [-0.15, -0.1) is 11.3 Å². The van der Waals surface area contributed by atoms with Gasteiger partial charge in [-0.05, 0) is 35.9 Å². The van der Waals surface area contributed by atoms with Gasteiger partial charge in [0.25, 0.3) is 5.91 Å². The van der Waals surface area contributed by atoms with Crippen LogP contribution >= 0.6 is 22.9 Å². The van der Waals surface area contributed by atoms with E-state index in [1.165, 1.54) is 11.3 Å². The van der Waals surface area contributed by atoms with E-state index in [9.17, 15) is 9.59 Å². The van der Waals surface area contributed by atoms with Crippen molar-refractivity contribution in [3.8, 4) is 16.2 Å². The molecule has 2 amide bonds. The van der Waals surface area contributed by atoms with Crippen LogP contribution in [0.4, 0.5) is 11.4 Å². The molecule has 2 N–H and O–H groups in total. The lowest BCUT2D eigenvalue weighted by Crippen LogP contribution is -2.25. The molecular weight excluding hydrogens is 424 g/mol. The number of benzene rings is 2. The van der Waals surface area contributed by atoms with Crippen LogP contribution in [0.15, 0.2) is 48.5 Å². The fourth-order valence-corrected chi connectivity index (χ4v) is 4.80. The van der Waals surface area contributed by atoms with Gasteiger partial charge in [0, 0.05) is 35.7 Å². The molecule has 0 radical (unpaired) electrons. The van der Waals surface area contributed by atoms with Gasteiger partial charge in [0.2, 0.25) is 5.91 Å². The Balaban J connectivity index is 1.66. The SMILES string of the molecule is CN(C(=O)c1cc2c(s1)-c1ccc(NC(=O)CO)cc1OCC2)c1ccccc1Cl. The molecule has 0 bridgehead atoms. The highest BCUT2D eigenvalue weighted by Crippen LogP contribution is 2.42. The van der Waals surface area contributed by atoms with Crippen molar-refractivity contribution in [1.82, 2.24) is 0 Å². The molecule has 0 spiro atoms. The summed E-state index contributed by atoms with van der Waals surface area (Å²) in [5.41, 5.74) is 3.11. The minimum Gasteiger partial charge on any atom is -0.492 e. The summed E-state index contributed by atoms with van der Waals surface area (Å²) >= 11 is 7.66. The Hall–Kier alpha value is -2.87. The molecule has 0 saturated carbocycles. The summed E-state index contributed by atoms with van der Waals surface area (Å²) in [7, 11) is 1.71. The van der Waals surface area contributed by atoms with Crippen molar-refractivity contribution in [2.45, 2.75) is 6.42 Å². The second kappa shape index (κ2) is 8.47. The molecule has 4 rings (SSSR count). The number of para-hydroxylation sites is 1. The largest absolute Gasteiger partial charge is 0.492 e. The van der Waals surface area contributed by atoms with Crippen LogP contribution in [0.1, 0.15) is 15.2 Å². The first-order valence-electron chi connectivity index (χ1n) is 9.31. The molecule has 3 aromatic rings. The number of thiophene rings is 1. The van der Waals surface area contributed by atoms with Crippen molar-refractivity contribution in [3.05, 3.63) is 64.0 Å². The minimum atomic E-state index is -0.586. The van der Waals surface area contributed by atoms with E-state index in [0.29, 0.717) is 40.1 Å². The average Bonchev–Trinajstić information content (AvgIpc) is 3.09. The number of fused-ring (bicyclic) bond motifs is 3. The van der Waals surface area contributed by atoms with E-state index in [4.69, 9.17) is 21.4 Å². The van der Waals surface area contributed by atoms with Gasteiger partial charge in [-0.3, -0.25) is 9.59 Å². The smallest absolute Gasteiger partial charge is 0.268 e. The summed E-state index contributed by atoms with van der Waals surface area (Å²) in [6, 6.07) is 14.5. The molecule has 1 aliphatic rings. The van der Waals surface area contributed by atoms with E-state index in [-0.39, 0.29) is 5.91 Å². The molecule has 1 aliphatic heterocycles. The lowest BCUT2D eigenvalue weighted by Gasteiger charge is -2.17. The molecule has 0 atom stereocenters. The standard InChI is InChI=1S/C22H19ClN2O4S/c1-25(17-5-3-2-4-16(17)23)22(28)19-10-13-8-9-29-18-11-14(24-20(27)12-26)6-7-15(18)21(13)30-19/h2-7,10-11,26H,8-9,12H2,1H3,(H,24,27). The summed E-state index contributed by atoms with van der Waals surface area (Å²) in [6.45, 7) is -0.125. The van der Waals surface area contributed by atoms with Crippen molar-refractivity contribution < 1.29 is 19.4 Å². The first-order valence-corrected chi connectivity index (χ1v) is 10.5.